The van der Waals surface area contributed by atoms with Gasteiger partial charge in [-0.05, 0) is 35.6 Å². The van der Waals surface area contributed by atoms with Crippen LogP contribution in [0.1, 0.15) is 10.4 Å². The number of ether oxygens (including phenoxy) is 1. The van der Waals surface area contributed by atoms with Crippen LogP contribution in [-0.2, 0) is 0 Å². The van der Waals surface area contributed by atoms with Crippen molar-refractivity contribution in [3.8, 4) is 22.2 Å². The van der Waals surface area contributed by atoms with Gasteiger partial charge in [-0.3, -0.25) is 19.9 Å². The number of benzene rings is 1. The summed E-state index contributed by atoms with van der Waals surface area (Å²) in [5, 5.41) is 15.6. The van der Waals surface area contributed by atoms with Crippen LogP contribution in [0.15, 0.2) is 48.9 Å². The van der Waals surface area contributed by atoms with Crippen LogP contribution in [0.3, 0.4) is 0 Å². The van der Waals surface area contributed by atoms with Gasteiger partial charge in [0.1, 0.15) is 6.29 Å². The number of imidazole rings is 1. The molecule has 0 amide bonds. The number of aldehydes is 1. The first-order chi connectivity index (χ1) is 12.6. The van der Waals surface area contributed by atoms with Crippen LogP contribution >= 0.6 is 11.3 Å². The zero-order valence-corrected chi connectivity index (χ0v) is 13.8. The second-order valence-electron chi connectivity index (χ2n) is 5.17. The number of aromatic nitrogens is 4. The van der Waals surface area contributed by atoms with Crippen LogP contribution in [0, 0.1) is 10.1 Å². The summed E-state index contributed by atoms with van der Waals surface area (Å²) in [5.74, 6) is 0.00471. The molecule has 0 unspecified atom stereocenters. The fourth-order valence-electron chi connectivity index (χ4n) is 2.31. The van der Waals surface area contributed by atoms with Gasteiger partial charge in [0, 0.05) is 29.6 Å². The minimum atomic E-state index is -0.610. The normalized spacial score (nSPS) is 10.8. The number of pyridine rings is 1. The second kappa shape index (κ2) is 6.33. The number of rotatable bonds is 5. The van der Waals surface area contributed by atoms with E-state index < -0.39 is 4.92 Å². The van der Waals surface area contributed by atoms with Crippen molar-refractivity contribution >= 4 is 28.3 Å². The highest BCUT2D eigenvalue weighted by atomic mass is 32.1. The number of fused-ring (bicyclic) bond motifs is 1. The Hall–Kier alpha value is -3.66. The van der Waals surface area contributed by atoms with E-state index in [-0.39, 0.29) is 22.2 Å². The Morgan fingerprint density at radius 1 is 1.31 bits per heavy atom. The number of nitrogens with zero attached hydrogens (tertiary/aromatic N) is 5. The molecule has 0 radical (unpaired) electrons. The smallest absolute Gasteiger partial charge is 0.312 e. The van der Waals surface area contributed by atoms with Gasteiger partial charge in [-0.25, -0.2) is 9.50 Å². The summed E-state index contributed by atoms with van der Waals surface area (Å²) in [7, 11) is 0. The lowest BCUT2D eigenvalue weighted by Gasteiger charge is -2.02. The van der Waals surface area contributed by atoms with Crippen LogP contribution in [-0.4, -0.2) is 30.8 Å². The van der Waals surface area contributed by atoms with Crippen molar-refractivity contribution in [1.29, 1.82) is 0 Å². The van der Waals surface area contributed by atoms with E-state index in [4.69, 9.17) is 4.74 Å². The van der Waals surface area contributed by atoms with E-state index in [0.29, 0.717) is 16.9 Å². The molecule has 0 spiro atoms. The first-order valence-electron chi connectivity index (χ1n) is 7.32. The van der Waals surface area contributed by atoms with E-state index in [2.05, 4.69) is 15.1 Å². The summed E-state index contributed by atoms with van der Waals surface area (Å²) in [6.07, 6.45) is 5.63. The molecule has 26 heavy (non-hydrogen) atoms. The van der Waals surface area contributed by atoms with Crippen LogP contribution in [0.2, 0.25) is 0 Å². The maximum Gasteiger partial charge on any atom is 0.312 e. The molecule has 0 aliphatic carbocycles. The van der Waals surface area contributed by atoms with Gasteiger partial charge in [-0.15, -0.1) is 5.10 Å². The van der Waals surface area contributed by atoms with Gasteiger partial charge in [-0.2, -0.15) is 0 Å². The predicted molar refractivity (Wildman–Crippen MR) is 92.7 cm³/mol. The number of carbonyl (C=O) groups excluding carboxylic acids is 1. The van der Waals surface area contributed by atoms with E-state index in [1.165, 1.54) is 16.6 Å². The van der Waals surface area contributed by atoms with Gasteiger partial charge < -0.3 is 4.74 Å². The molecule has 0 aliphatic rings. The third-order valence-corrected chi connectivity index (χ3v) is 4.30. The lowest BCUT2D eigenvalue weighted by Crippen LogP contribution is -1.95. The molecule has 128 valence electrons. The Balaban J connectivity index is 1.65. The quantitative estimate of drug-likeness (QED) is 0.302. The molecule has 4 aromatic rings. The minimum absolute atomic E-state index is 0.00471. The summed E-state index contributed by atoms with van der Waals surface area (Å²) in [4.78, 5) is 30.4. The number of hydrogen-bond acceptors (Lipinski definition) is 8. The Morgan fingerprint density at radius 3 is 2.88 bits per heavy atom. The Bertz CT molecular complexity index is 1090. The van der Waals surface area contributed by atoms with Gasteiger partial charge >= 0.3 is 5.69 Å². The average Bonchev–Trinajstić information content (AvgIpc) is 3.21. The SMILES string of the molecule is O=Cc1ccc(Oc2nn3cc(-c4cccnc4)nc3s2)c([N+](=O)[O-])c1. The van der Waals surface area contributed by atoms with Crippen molar-refractivity contribution in [3.05, 3.63) is 64.6 Å². The number of hydrogen-bond donors (Lipinski definition) is 0. The molecule has 0 atom stereocenters. The zero-order chi connectivity index (χ0) is 18.1. The molecule has 0 saturated carbocycles. The molecule has 0 N–H and O–H groups in total. The molecule has 3 aromatic heterocycles. The van der Waals surface area contributed by atoms with Crippen molar-refractivity contribution in [2.45, 2.75) is 0 Å². The van der Waals surface area contributed by atoms with Crippen molar-refractivity contribution in [1.82, 2.24) is 19.6 Å². The summed E-state index contributed by atoms with van der Waals surface area (Å²) in [5.41, 5.74) is 1.45. The molecule has 0 bridgehead atoms. The van der Waals surface area contributed by atoms with Gasteiger partial charge in [0.05, 0.1) is 16.8 Å². The van der Waals surface area contributed by atoms with E-state index >= 15 is 0 Å². The van der Waals surface area contributed by atoms with Crippen LogP contribution in [0.5, 0.6) is 10.9 Å². The van der Waals surface area contributed by atoms with Crippen LogP contribution in [0.4, 0.5) is 5.69 Å². The molecule has 0 aliphatic heterocycles. The third kappa shape index (κ3) is 2.89. The standard InChI is InChI=1S/C16H9N5O4S/c22-9-10-3-4-14(13(6-10)21(23)24)25-16-19-20-8-12(18-15(20)26-16)11-2-1-5-17-7-11/h1-9H. The Morgan fingerprint density at radius 2 is 2.19 bits per heavy atom. The summed E-state index contributed by atoms with van der Waals surface area (Å²) in [6.45, 7) is 0. The molecule has 0 saturated heterocycles. The molecule has 1 aromatic carbocycles. The highest BCUT2D eigenvalue weighted by Gasteiger charge is 2.19. The monoisotopic (exact) mass is 367 g/mol. The fourth-order valence-corrected chi connectivity index (χ4v) is 3.05. The summed E-state index contributed by atoms with van der Waals surface area (Å²) in [6, 6.07) is 7.66. The topological polar surface area (TPSA) is 113 Å². The maximum absolute atomic E-state index is 11.2. The van der Waals surface area contributed by atoms with E-state index in [1.807, 2.05) is 12.1 Å². The molecule has 10 heteroatoms. The largest absolute Gasteiger partial charge is 0.422 e. The first-order valence-corrected chi connectivity index (χ1v) is 8.14. The second-order valence-corrected chi connectivity index (χ2v) is 6.09. The van der Waals surface area contributed by atoms with Gasteiger partial charge in [-0.1, -0.05) is 0 Å². The number of nitro groups is 1. The van der Waals surface area contributed by atoms with Crippen LogP contribution < -0.4 is 4.74 Å². The molecule has 9 nitrogen and oxygen atoms in total. The Labute approximate surface area is 149 Å². The van der Waals surface area contributed by atoms with Crippen molar-refractivity contribution in [3.63, 3.8) is 0 Å². The first kappa shape index (κ1) is 15.8. The van der Waals surface area contributed by atoms with Crippen molar-refractivity contribution in [2.24, 2.45) is 0 Å². The number of carbonyl (C=O) groups is 1. The van der Waals surface area contributed by atoms with E-state index in [9.17, 15) is 14.9 Å². The van der Waals surface area contributed by atoms with E-state index in [0.717, 1.165) is 23.0 Å². The molecule has 0 fully saturated rings. The fraction of sp³-hybridized carbons (Fsp3) is 0. The predicted octanol–water partition coefficient (Wildman–Crippen LogP) is 3.37. The molecule has 3 heterocycles. The zero-order valence-electron chi connectivity index (χ0n) is 13.0. The summed E-state index contributed by atoms with van der Waals surface area (Å²) < 4.78 is 7.07. The molecular formula is C16H9N5O4S. The Kier molecular flexibility index (Phi) is 3.86. The average molecular weight is 367 g/mol. The highest BCUT2D eigenvalue weighted by molar-refractivity contribution is 7.18. The van der Waals surface area contributed by atoms with Gasteiger partial charge in [0.15, 0.2) is 0 Å². The van der Waals surface area contributed by atoms with Crippen LogP contribution in [0.25, 0.3) is 16.2 Å². The van der Waals surface area contributed by atoms with Gasteiger partial charge in [0.25, 0.3) is 5.19 Å². The molecular weight excluding hydrogens is 358 g/mol. The minimum Gasteiger partial charge on any atom is -0.422 e. The summed E-state index contributed by atoms with van der Waals surface area (Å²) >= 11 is 1.14. The van der Waals surface area contributed by atoms with Crippen molar-refractivity contribution in [2.75, 3.05) is 0 Å². The van der Waals surface area contributed by atoms with Gasteiger partial charge in [0.2, 0.25) is 10.7 Å². The third-order valence-electron chi connectivity index (χ3n) is 3.49. The lowest BCUT2D eigenvalue weighted by molar-refractivity contribution is -0.385. The van der Waals surface area contributed by atoms with E-state index in [1.54, 1.807) is 18.6 Å². The lowest BCUT2D eigenvalue weighted by atomic mass is 10.2. The highest BCUT2D eigenvalue weighted by Crippen LogP contribution is 2.34. The molecule has 4 rings (SSSR count). The number of nitro benzene ring substituents is 1. The maximum atomic E-state index is 11.2. The van der Waals surface area contributed by atoms with Crippen molar-refractivity contribution < 1.29 is 14.5 Å².